The number of morpholine rings is 1. The first-order valence-corrected chi connectivity index (χ1v) is 11.6. The molecule has 8 nitrogen and oxygen atoms in total. The number of pyridine rings is 1. The van der Waals surface area contributed by atoms with E-state index in [0.29, 0.717) is 38.4 Å². The van der Waals surface area contributed by atoms with E-state index >= 15 is 0 Å². The normalized spacial score (nSPS) is 17.8. The van der Waals surface area contributed by atoms with Gasteiger partial charge in [0.15, 0.2) is 0 Å². The van der Waals surface area contributed by atoms with Gasteiger partial charge in [-0.25, -0.2) is 8.42 Å². The summed E-state index contributed by atoms with van der Waals surface area (Å²) in [6, 6.07) is 8.58. The molecule has 2 aliphatic rings. The number of hydrogen-bond donors (Lipinski definition) is 1. The van der Waals surface area contributed by atoms with E-state index < -0.39 is 10.0 Å². The zero-order valence-electron chi connectivity index (χ0n) is 16.8. The van der Waals surface area contributed by atoms with Crippen LogP contribution in [0.1, 0.15) is 28.8 Å². The first-order chi connectivity index (χ1) is 14.6. The summed E-state index contributed by atoms with van der Waals surface area (Å²) in [5.74, 6) is -0.292. The van der Waals surface area contributed by atoms with E-state index in [4.69, 9.17) is 4.74 Å². The lowest BCUT2D eigenvalue weighted by Gasteiger charge is -2.27. The molecule has 160 valence electrons. The van der Waals surface area contributed by atoms with Gasteiger partial charge in [-0.15, -0.1) is 0 Å². The fourth-order valence-electron chi connectivity index (χ4n) is 3.81. The topological polar surface area (TPSA) is 91.8 Å². The maximum absolute atomic E-state index is 13.1. The summed E-state index contributed by atoms with van der Waals surface area (Å²) in [6.45, 7) is 3.44. The van der Waals surface area contributed by atoms with E-state index in [1.54, 1.807) is 24.5 Å². The molecule has 1 aromatic heterocycles. The van der Waals surface area contributed by atoms with Crippen LogP contribution in [0.15, 0.2) is 47.6 Å². The van der Waals surface area contributed by atoms with Crippen molar-refractivity contribution in [1.82, 2.24) is 14.6 Å². The van der Waals surface area contributed by atoms with Gasteiger partial charge in [0.1, 0.15) is 0 Å². The summed E-state index contributed by atoms with van der Waals surface area (Å²) in [4.78, 5) is 19.4. The smallest absolute Gasteiger partial charge is 0.253 e. The number of nitrogens with zero attached hydrogens (tertiary/aromatic N) is 3. The van der Waals surface area contributed by atoms with Gasteiger partial charge >= 0.3 is 0 Å². The van der Waals surface area contributed by atoms with E-state index in [2.05, 4.69) is 15.2 Å². The summed E-state index contributed by atoms with van der Waals surface area (Å²) in [6.07, 6.45) is 5.49. The van der Waals surface area contributed by atoms with Gasteiger partial charge in [-0.2, -0.15) is 4.31 Å². The molecule has 9 heteroatoms. The van der Waals surface area contributed by atoms with E-state index in [-0.39, 0.29) is 10.8 Å². The van der Waals surface area contributed by atoms with Gasteiger partial charge in [0.25, 0.3) is 5.91 Å². The molecule has 0 bridgehead atoms. The molecule has 2 aliphatic heterocycles. The fourth-order valence-corrected chi connectivity index (χ4v) is 5.24. The van der Waals surface area contributed by atoms with Crippen LogP contribution in [0, 0.1) is 0 Å². The Hall–Kier alpha value is -2.49. The minimum Gasteiger partial charge on any atom is -0.379 e. The molecule has 0 atom stereocenters. The summed E-state index contributed by atoms with van der Waals surface area (Å²) < 4.78 is 32.9. The number of sulfonamides is 1. The Labute approximate surface area is 176 Å². The van der Waals surface area contributed by atoms with Crippen LogP contribution in [0.2, 0.25) is 0 Å². The molecular formula is C21H26N4O4S. The highest BCUT2D eigenvalue weighted by Gasteiger charge is 2.29. The Kier molecular flexibility index (Phi) is 6.31. The van der Waals surface area contributed by atoms with Gasteiger partial charge in [0.05, 0.1) is 23.7 Å². The average molecular weight is 431 g/mol. The monoisotopic (exact) mass is 430 g/mol. The Morgan fingerprint density at radius 2 is 1.87 bits per heavy atom. The SMILES string of the molecule is O=C(NCc1cccnc1)c1cc(S(=O)(=O)N2CCOCC2)ccc1N1CCCC1. The van der Waals surface area contributed by atoms with E-state index in [9.17, 15) is 13.2 Å². The van der Waals surface area contributed by atoms with Crippen molar-refractivity contribution in [3.05, 3.63) is 53.9 Å². The molecule has 2 fully saturated rings. The van der Waals surface area contributed by atoms with Gasteiger partial charge in [-0.1, -0.05) is 6.07 Å². The number of aromatic nitrogens is 1. The van der Waals surface area contributed by atoms with Crippen LogP contribution >= 0.6 is 0 Å². The first kappa shape index (κ1) is 20.8. The third kappa shape index (κ3) is 4.48. The second kappa shape index (κ2) is 9.11. The van der Waals surface area contributed by atoms with Crippen molar-refractivity contribution >= 4 is 21.6 Å². The molecule has 0 saturated carbocycles. The van der Waals surface area contributed by atoms with Crippen molar-refractivity contribution in [1.29, 1.82) is 0 Å². The molecule has 2 aromatic rings. The number of hydrogen-bond acceptors (Lipinski definition) is 6. The molecule has 1 amide bonds. The molecule has 0 unspecified atom stereocenters. The molecule has 3 heterocycles. The van der Waals surface area contributed by atoms with E-state index in [1.807, 2.05) is 12.1 Å². The lowest BCUT2D eigenvalue weighted by atomic mass is 10.1. The van der Waals surface area contributed by atoms with Crippen LogP contribution in [0.3, 0.4) is 0 Å². The molecule has 30 heavy (non-hydrogen) atoms. The van der Waals surface area contributed by atoms with Crippen LogP contribution < -0.4 is 10.2 Å². The Bertz CT molecular complexity index is 985. The van der Waals surface area contributed by atoms with Crippen molar-refractivity contribution in [2.45, 2.75) is 24.3 Å². The second-order valence-electron chi connectivity index (χ2n) is 7.43. The number of carbonyl (C=O) groups is 1. The summed E-state index contributed by atoms with van der Waals surface area (Å²) in [5.41, 5.74) is 2.04. The van der Waals surface area contributed by atoms with Crippen molar-refractivity contribution in [3.8, 4) is 0 Å². The van der Waals surface area contributed by atoms with Crippen molar-refractivity contribution in [2.24, 2.45) is 0 Å². The molecule has 0 spiro atoms. The largest absolute Gasteiger partial charge is 0.379 e. The molecular weight excluding hydrogens is 404 g/mol. The summed E-state index contributed by atoms with van der Waals surface area (Å²) in [5, 5.41) is 2.90. The van der Waals surface area contributed by atoms with Gasteiger partial charge in [-0.3, -0.25) is 9.78 Å². The van der Waals surface area contributed by atoms with Gasteiger partial charge in [0.2, 0.25) is 10.0 Å². The third-order valence-corrected chi connectivity index (χ3v) is 7.34. The number of carbonyl (C=O) groups excluding carboxylic acids is 1. The molecule has 1 aromatic carbocycles. The number of rotatable bonds is 6. The zero-order valence-corrected chi connectivity index (χ0v) is 17.6. The highest BCUT2D eigenvalue weighted by Crippen LogP contribution is 2.29. The molecule has 1 N–H and O–H groups in total. The van der Waals surface area contributed by atoms with E-state index in [0.717, 1.165) is 37.2 Å². The maximum atomic E-state index is 13.1. The predicted octanol–water partition coefficient (Wildman–Crippen LogP) is 1.63. The van der Waals surface area contributed by atoms with E-state index in [1.165, 1.54) is 10.4 Å². The quantitative estimate of drug-likeness (QED) is 0.749. The Balaban J connectivity index is 1.63. The minimum atomic E-state index is -3.68. The third-order valence-electron chi connectivity index (χ3n) is 5.44. The van der Waals surface area contributed by atoms with Crippen LogP contribution in [-0.2, 0) is 21.3 Å². The second-order valence-corrected chi connectivity index (χ2v) is 9.37. The first-order valence-electron chi connectivity index (χ1n) is 10.2. The number of anilines is 1. The number of amides is 1. The van der Waals surface area contributed by atoms with Crippen LogP contribution in [-0.4, -0.2) is 63.0 Å². The van der Waals surface area contributed by atoms with Crippen molar-refractivity contribution in [2.75, 3.05) is 44.3 Å². The molecule has 2 saturated heterocycles. The van der Waals surface area contributed by atoms with Gasteiger partial charge < -0.3 is 15.0 Å². The Morgan fingerprint density at radius 3 is 2.57 bits per heavy atom. The molecule has 4 rings (SSSR count). The Morgan fingerprint density at radius 1 is 1.10 bits per heavy atom. The zero-order chi connectivity index (χ0) is 21.0. The lowest BCUT2D eigenvalue weighted by molar-refractivity contribution is 0.0730. The highest BCUT2D eigenvalue weighted by molar-refractivity contribution is 7.89. The number of benzene rings is 1. The van der Waals surface area contributed by atoms with Gasteiger partial charge in [0, 0.05) is 50.8 Å². The highest BCUT2D eigenvalue weighted by atomic mass is 32.2. The van der Waals surface area contributed by atoms with Crippen molar-refractivity contribution < 1.29 is 17.9 Å². The van der Waals surface area contributed by atoms with Crippen molar-refractivity contribution in [3.63, 3.8) is 0 Å². The van der Waals surface area contributed by atoms with Crippen LogP contribution in [0.4, 0.5) is 5.69 Å². The molecule has 0 aliphatic carbocycles. The standard InChI is InChI=1S/C21H26N4O4S/c26-21(23-16-17-4-3-7-22-15-17)19-14-18(5-6-20(19)24-8-1-2-9-24)30(27,28)25-10-12-29-13-11-25/h3-7,14-15H,1-2,8-13,16H2,(H,23,26). The maximum Gasteiger partial charge on any atom is 0.253 e. The minimum absolute atomic E-state index is 0.138. The summed E-state index contributed by atoms with van der Waals surface area (Å²) in [7, 11) is -3.68. The van der Waals surface area contributed by atoms with Crippen LogP contribution in [0.5, 0.6) is 0 Å². The number of nitrogens with one attached hydrogen (secondary N) is 1. The lowest BCUT2D eigenvalue weighted by Crippen LogP contribution is -2.40. The number of ether oxygens (including phenoxy) is 1. The average Bonchev–Trinajstić information content (AvgIpc) is 3.33. The van der Waals surface area contributed by atoms with Crippen LogP contribution in [0.25, 0.3) is 0 Å². The predicted molar refractivity (Wildman–Crippen MR) is 113 cm³/mol. The van der Waals surface area contributed by atoms with Gasteiger partial charge in [-0.05, 0) is 42.7 Å². The summed E-state index contributed by atoms with van der Waals surface area (Å²) >= 11 is 0. The fraction of sp³-hybridized carbons (Fsp3) is 0.429. The molecule has 0 radical (unpaired) electrons.